The van der Waals surface area contributed by atoms with Gasteiger partial charge in [-0.2, -0.15) is 0 Å². The maximum atomic E-state index is 2.37. The van der Waals surface area contributed by atoms with Gasteiger partial charge in [-0.1, -0.05) is 146 Å². The van der Waals surface area contributed by atoms with Gasteiger partial charge in [0.05, 0.1) is 0 Å². The molecule has 52 heavy (non-hydrogen) atoms. The smallest absolute Gasteiger partial charge is 0.0467 e. The summed E-state index contributed by atoms with van der Waals surface area (Å²) in [6.45, 7) is 0. The molecule has 0 bridgehead atoms. The minimum Gasteiger partial charge on any atom is -0.310 e. The van der Waals surface area contributed by atoms with Crippen LogP contribution in [-0.4, -0.2) is 0 Å². The van der Waals surface area contributed by atoms with E-state index in [2.05, 4.69) is 205 Å². The van der Waals surface area contributed by atoms with E-state index in [9.17, 15) is 0 Å². The van der Waals surface area contributed by atoms with Gasteiger partial charge in [0.1, 0.15) is 0 Å². The molecular formula is C50H33NS. The third kappa shape index (κ3) is 5.24. The van der Waals surface area contributed by atoms with Gasteiger partial charge in [-0.05, 0) is 110 Å². The van der Waals surface area contributed by atoms with Crippen molar-refractivity contribution < 1.29 is 0 Å². The Morgan fingerprint density at radius 3 is 1.65 bits per heavy atom. The summed E-state index contributed by atoms with van der Waals surface area (Å²) in [7, 11) is 0. The fourth-order valence-electron chi connectivity index (χ4n) is 7.79. The molecule has 0 aliphatic rings. The van der Waals surface area contributed by atoms with E-state index in [1.54, 1.807) is 0 Å². The Hall–Kier alpha value is -6.48. The van der Waals surface area contributed by atoms with Gasteiger partial charge >= 0.3 is 0 Å². The SMILES string of the molecule is c1ccc(-c2cccc(N(c3ccc(-c4cc5ccccc5c5ccccc45)cc3)c3ccc(-c4cccc5sc6ccccc6c45)cc3)c2)cc1. The van der Waals surface area contributed by atoms with E-state index in [4.69, 9.17) is 0 Å². The second-order valence-corrected chi connectivity index (χ2v) is 14.4. The van der Waals surface area contributed by atoms with Crippen molar-refractivity contribution in [2.45, 2.75) is 0 Å². The molecule has 0 atom stereocenters. The van der Waals surface area contributed by atoms with Crippen LogP contribution < -0.4 is 4.90 Å². The molecule has 0 aliphatic heterocycles. The fourth-order valence-corrected chi connectivity index (χ4v) is 8.92. The number of hydrogen-bond acceptors (Lipinski definition) is 2. The first-order valence-electron chi connectivity index (χ1n) is 17.8. The summed E-state index contributed by atoms with van der Waals surface area (Å²) < 4.78 is 2.65. The minimum atomic E-state index is 1.11. The van der Waals surface area contributed by atoms with Crippen molar-refractivity contribution in [2.24, 2.45) is 0 Å². The van der Waals surface area contributed by atoms with Crippen LogP contribution >= 0.6 is 11.3 Å². The normalized spacial score (nSPS) is 11.5. The Kier molecular flexibility index (Phi) is 7.41. The number of fused-ring (bicyclic) bond motifs is 6. The van der Waals surface area contributed by atoms with Gasteiger partial charge in [0, 0.05) is 37.2 Å². The van der Waals surface area contributed by atoms with Gasteiger partial charge < -0.3 is 4.90 Å². The molecule has 9 aromatic carbocycles. The second-order valence-electron chi connectivity index (χ2n) is 13.3. The highest BCUT2D eigenvalue weighted by Crippen LogP contribution is 2.43. The fraction of sp³-hybridized carbons (Fsp3) is 0. The molecule has 10 rings (SSSR count). The quantitative estimate of drug-likeness (QED) is 0.158. The standard InChI is InChI=1S/C50H33NS/c1-2-12-34(13-3-1)37-15-10-16-41(32-37)51(39-28-24-35(25-29-39)43-21-11-23-49-50(43)46-20-8-9-22-48(46)52-49)40-30-26-36(27-31-40)47-33-38-14-4-5-17-42(38)44-18-6-7-19-45(44)47/h1-33H. The third-order valence-corrected chi connectivity index (χ3v) is 11.4. The van der Waals surface area contributed by atoms with Crippen LogP contribution in [0.4, 0.5) is 17.1 Å². The predicted molar refractivity (Wildman–Crippen MR) is 225 cm³/mol. The topological polar surface area (TPSA) is 3.24 Å². The lowest BCUT2D eigenvalue weighted by Gasteiger charge is -2.26. The molecule has 0 aliphatic carbocycles. The van der Waals surface area contributed by atoms with E-state index < -0.39 is 0 Å². The van der Waals surface area contributed by atoms with Crippen LogP contribution in [0.5, 0.6) is 0 Å². The summed E-state index contributed by atoms with van der Waals surface area (Å²) in [5.41, 5.74) is 10.7. The molecule has 1 nitrogen and oxygen atoms in total. The zero-order valence-electron chi connectivity index (χ0n) is 28.4. The molecule has 0 radical (unpaired) electrons. The summed E-state index contributed by atoms with van der Waals surface area (Å²) in [5, 5.41) is 7.75. The number of rotatable bonds is 6. The van der Waals surface area contributed by atoms with Crippen molar-refractivity contribution in [3.05, 3.63) is 200 Å². The van der Waals surface area contributed by atoms with Crippen LogP contribution in [0.15, 0.2) is 200 Å². The molecule has 0 fully saturated rings. The largest absolute Gasteiger partial charge is 0.310 e. The Labute approximate surface area is 307 Å². The molecule has 0 amide bonds. The highest BCUT2D eigenvalue weighted by Gasteiger charge is 2.17. The van der Waals surface area contributed by atoms with Crippen LogP contribution in [0.3, 0.4) is 0 Å². The van der Waals surface area contributed by atoms with E-state index in [-0.39, 0.29) is 0 Å². The van der Waals surface area contributed by atoms with Crippen LogP contribution in [0.1, 0.15) is 0 Å². The maximum Gasteiger partial charge on any atom is 0.0467 e. The molecule has 1 aromatic heterocycles. The predicted octanol–water partition coefficient (Wildman–Crippen LogP) is 14.8. The third-order valence-electron chi connectivity index (χ3n) is 10.3. The van der Waals surface area contributed by atoms with E-state index >= 15 is 0 Å². The maximum absolute atomic E-state index is 2.37. The number of nitrogens with zero attached hydrogens (tertiary/aromatic N) is 1. The summed E-state index contributed by atoms with van der Waals surface area (Å²) in [4.78, 5) is 2.37. The Bertz CT molecular complexity index is 2890. The summed E-state index contributed by atoms with van der Waals surface area (Å²) in [6, 6.07) is 72.9. The lowest BCUT2D eigenvalue weighted by atomic mass is 9.93. The van der Waals surface area contributed by atoms with Gasteiger partial charge in [-0.15, -0.1) is 11.3 Å². The number of anilines is 3. The summed E-state index contributed by atoms with van der Waals surface area (Å²) in [5.74, 6) is 0. The van der Waals surface area contributed by atoms with Gasteiger partial charge in [-0.3, -0.25) is 0 Å². The van der Waals surface area contributed by atoms with Gasteiger partial charge in [0.15, 0.2) is 0 Å². The van der Waals surface area contributed by atoms with Gasteiger partial charge in [-0.25, -0.2) is 0 Å². The highest BCUT2D eigenvalue weighted by molar-refractivity contribution is 7.25. The van der Waals surface area contributed by atoms with E-state index in [1.807, 2.05) is 11.3 Å². The van der Waals surface area contributed by atoms with Crippen LogP contribution in [0.2, 0.25) is 0 Å². The lowest BCUT2D eigenvalue weighted by molar-refractivity contribution is 1.28. The molecule has 244 valence electrons. The molecule has 0 saturated carbocycles. The number of thiophene rings is 1. The van der Waals surface area contributed by atoms with Crippen molar-refractivity contribution in [1.29, 1.82) is 0 Å². The van der Waals surface area contributed by atoms with Crippen molar-refractivity contribution in [1.82, 2.24) is 0 Å². The van der Waals surface area contributed by atoms with E-state index in [0.29, 0.717) is 0 Å². The molecule has 1 heterocycles. The minimum absolute atomic E-state index is 1.11. The van der Waals surface area contributed by atoms with Crippen LogP contribution in [-0.2, 0) is 0 Å². The van der Waals surface area contributed by atoms with Crippen molar-refractivity contribution in [2.75, 3.05) is 4.90 Å². The number of hydrogen-bond donors (Lipinski definition) is 0. The van der Waals surface area contributed by atoms with Gasteiger partial charge in [0.25, 0.3) is 0 Å². The van der Waals surface area contributed by atoms with Crippen LogP contribution in [0, 0.1) is 0 Å². The first-order valence-corrected chi connectivity index (χ1v) is 18.6. The zero-order chi connectivity index (χ0) is 34.4. The van der Waals surface area contributed by atoms with Crippen molar-refractivity contribution >= 4 is 70.1 Å². The van der Waals surface area contributed by atoms with E-state index in [1.165, 1.54) is 75.1 Å². The Morgan fingerprint density at radius 1 is 0.308 bits per heavy atom. The molecular weight excluding hydrogens is 647 g/mol. The summed E-state index contributed by atoms with van der Waals surface area (Å²) >= 11 is 1.86. The Morgan fingerprint density at radius 2 is 0.885 bits per heavy atom. The van der Waals surface area contributed by atoms with Crippen molar-refractivity contribution in [3.63, 3.8) is 0 Å². The average Bonchev–Trinajstić information content (AvgIpc) is 3.61. The molecule has 0 N–H and O–H groups in total. The van der Waals surface area contributed by atoms with Crippen LogP contribution in [0.25, 0.3) is 75.1 Å². The lowest BCUT2D eigenvalue weighted by Crippen LogP contribution is -2.10. The zero-order valence-corrected chi connectivity index (χ0v) is 29.2. The monoisotopic (exact) mass is 679 g/mol. The molecule has 0 saturated heterocycles. The Balaban J connectivity index is 1.09. The second kappa shape index (κ2) is 12.7. The van der Waals surface area contributed by atoms with E-state index in [0.717, 1.165) is 17.1 Å². The van der Waals surface area contributed by atoms with Crippen molar-refractivity contribution in [3.8, 4) is 33.4 Å². The molecule has 0 unspecified atom stereocenters. The molecule has 10 aromatic rings. The number of benzene rings is 9. The molecule has 0 spiro atoms. The summed E-state index contributed by atoms with van der Waals surface area (Å²) in [6.07, 6.45) is 0. The average molecular weight is 680 g/mol. The first kappa shape index (κ1) is 30.4. The highest BCUT2D eigenvalue weighted by atomic mass is 32.1. The first-order chi connectivity index (χ1) is 25.8. The molecule has 2 heteroatoms. The van der Waals surface area contributed by atoms with Gasteiger partial charge in [0.2, 0.25) is 0 Å².